The quantitative estimate of drug-likeness (QED) is 0.592. The molecule has 1 heteroatoms. The molecule has 0 amide bonds. The van der Waals surface area contributed by atoms with E-state index in [1.807, 2.05) is 24.3 Å². The Morgan fingerprint density at radius 3 is 2.60 bits per heavy atom. The fourth-order valence-electron chi connectivity index (χ4n) is 0.939. The fraction of sp³-hybridized carbons (Fsp3) is 0.333. The van der Waals surface area contributed by atoms with Gasteiger partial charge in [-0.25, -0.2) is 5.11 Å². The molecular weight excluding hydrogens is 124 g/mol. The average molecular weight is 135 g/mol. The molecule has 0 aliphatic heterocycles. The smallest absolute Gasteiger partial charge is 0.107 e. The number of rotatable bonds is 2. The minimum atomic E-state index is -0.103. The maximum Gasteiger partial charge on any atom is 0.107 e. The summed E-state index contributed by atoms with van der Waals surface area (Å²) in [6, 6.07) is 7.81. The summed E-state index contributed by atoms with van der Waals surface area (Å²) in [4.78, 5) is 0. The van der Waals surface area contributed by atoms with Crippen LogP contribution in [0.25, 0.3) is 0 Å². The minimum Gasteiger partial charge on any atom is -0.232 e. The largest absolute Gasteiger partial charge is 0.232 e. The van der Waals surface area contributed by atoms with Crippen molar-refractivity contribution in [1.29, 1.82) is 0 Å². The van der Waals surface area contributed by atoms with E-state index < -0.39 is 0 Å². The minimum absolute atomic E-state index is 0.103. The molecule has 0 heterocycles. The van der Waals surface area contributed by atoms with Gasteiger partial charge < -0.3 is 0 Å². The molecule has 0 aliphatic carbocycles. The Hall–Kier alpha value is -0.820. The third-order valence-corrected chi connectivity index (χ3v) is 1.57. The van der Waals surface area contributed by atoms with Crippen LogP contribution < -0.4 is 0 Å². The van der Waals surface area contributed by atoms with E-state index in [0.29, 0.717) is 0 Å². The van der Waals surface area contributed by atoms with Crippen LogP contribution in [0.5, 0.6) is 0 Å². The van der Waals surface area contributed by atoms with Crippen molar-refractivity contribution in [2.75, 3.05) is 0 Å². The van der Waals surface area contributed by atoms with Crippen molar-refractivity contribution < 1.29 is 5.11 Å². The molecule has 10 heavy (non-hydrogen) atoms. The maximum atomic E-state index is 10.4. The average Bonchev–Trinajstić information content (AvgIpc) is 2.05. The SMILES string of the molecule is CCc1cccc(C[O])c1. The summed E-state index contributed by atoms with van der Waals surface area (Å²) in [6.07, 6.45) is 1.01. The highest BCUT2D eigenvalue weighted by Gasteiger charge is 1.91. The molecule has 0 saturated carbocycles. The maximum absolute atomic E-state index is 10.4. The first-order valence-electron chi connectivity index (χ1n) is 3.52. The Bertz CT molecular complexity index is 186. The van der Waals surface area contributed by atoms with Gasteiger partial charge in [0.05, 0.1) is 0 Å². The van der Waals surface area contributed by atoms with Gasteiger partial charge in [0.2, 0.25) is 0 Å². The molecule has 53 valence electrons. The molecule has 0 bridgehead atoms. The Balaban J connectivity index is 2.87. The van der Waals surface area contributed by atoms with Crippen molar-refractivity contribution in [3.8, 4) is 0 Å². The highest BCUT2D eigenvalue weighted by Crippen LogP contribution is 2.05. The molecule has 1 aromatic carbocycles. The van der Waals surface area contributed by atoms with Crippen LogP contribution in [0.15, 0.2) is 24.3 Å². The molecule has 0 unspecified atom stereocenters. The second kappa shape index (κ2) is 3.37. The molecule has 0 N–H and O–H groups in total. The van der Waals surface area contributed by atoms with Crippen molar-refractivity contribution in [3.63, 3.8) is 0 Å². The predicted octanol–water partition coefficient (Wildman–Crippen LogP) is 2.18. The lowest BCUT2D eigenvalue weighted by atomic mass is 10.1. The third-order valence-electron chi connectivity index (χ3n) is 1.57. The van der Waals surface area contributed by atoms with E-state index in [1.165, 1.54) is 5.56 Å². The van der Waals surface area contributed by atoms with Crippen molar-refractivity contribution in [1.82, 2.24) is 0 Å². The van der Waals surface area contributed by atoms with Gasteiger partial charge in [-0.1, -0.05) is 31.2 Å². The van der Waals surface area contributed by atoms with E-state index in [1.54, 1.807) is 0 Å². The van der Waals surface area contributed by atoms with Gasteiger partial charge in [-0.2, -0.15) is 0 Å². The van der Waals surface area contributed by atoms with E-state index in [9.17, 15) is 5.11 Å². The number of aryl methyl sites for hydroxylation is 1. The summed E-state index contributed by atoms with van der Waals surface area (Å²) < 4.78 is 0. The van der Waals surface area contributed by atoms with Crippen molar-refractivity contribution in [2.45, 2.75) is 20.0 Å². The lowest BCUT2D eigenvalue weighted by Gasteiger charge is -1.97. The molecule has 1 radical (unpaired) electrons. The predicted molar refractivity (Wildman–Crippen MR) is 40.2 cm³/mol. The lowest BCUT2D eigenvalue weighted by Crippen LogP contribution is -1.84. The molecule has 0 aromatic heterocycles. The highest BCUT2D eigenvalue weighted by molar-refractivity contribution is 5.22. The topological polar surface area (TPSA) is 19.9 Å². The van der Waals surface area contributed by atoms with Crippen LogP contribution in [0.1, 0.15) is 18.1 Å². The Kier molecular flexibility index (Phi) is 2.46. The zero-order chi connectivity index (χ0) is 7.40. The van der Waals surface area contributed by atoms with Gasteiger partial charge >= 0.3 is 0 Å². The Morgan fingerprint density at radius 2 is 2.00 bits per heavy atom. The Labute approximate surface area is 61.3 Å². The van der Waals surface area contributed by atoms with Gasteiger partial charge in [0, 0.05) is 0 Å². The molecule has 0 atom stereocenters. The Morgan fingerprint density at radius 1 is 1.30 bits per heavy atom. The molecule has 1 rings (SSSR count). The summed E-state index contributed by atoms with van der Waals surface area (Å²) >= 11 is 0. The molecule has 0 spiro atoms. The summed E-state index contributed by atoms with van der Waals surface area (Å²) in [5.41, 5.74) is 2.13. The summed E-state index contributed by atoms with van der Waals surface area (Å²) in [6.45, 7) is 1.98. The molecular formula is C9H11O. The van der Waals surface area contributed by atoms with E-state index >= 15 is 0 Å². The second-order valence-electron chi connectivity index (χ2n) is 2.32. The third kappa shape index (κ3) is 1.58. The first-order valence-corrected chi connectivity index (χ1v) is 3.52. The molecule has 1 nitrogen and oxygen atoms in total. The monoisotopic (exact) mass is 135 g/mol. The molecule has 1 aromatic rings. The number of hydrogen-bond acceptors (Lipinski definition) is 0. The van der Waals surface area contributed by atoms with Crippen LogP contribution in [0, 0.1) is 0 Å². The van der Waals surface area contributed by atoms with Crippen molar-refractivity contribution in [2.24, 2.45) is 0 Å². The van der Waals surface area contributed by atoms with E-state index in [-0.39, 0.29) is 6.61 Å². The normalized spacial score (nSPS) is 9.80. The molecule has 0 aliphatic rings. The lowest BCUT2D eigenvalue weighted by molar-refractivity contribution is 0.177. The van der Waals surface area contributed by atoms with Gasteiger partial charge in [0.15, 0.2) is 0 Å². The summed E-state index contributed by atoms with van der Waals surface area (Å²) in [7, 11) is 0. The van der Waals surface area contributed by atoms with Crippen molar-refractivity contribution in [3.05, 3.63) is 35.4 Å². The van der Waals surface area contributed by atoms with Crippen LogP contribution in [0.3, 0.4) is 0 Å². The highest BCUT2D eigenvalue weighted by atomic mass is 16.3. The number of hydrogen-bond donors (Lipinski definition) is 0. The van der Waals surface area contributed by atoms with Crippen LogP contribution in [0.2, 0.25) is 0 Å². The number of benzene rings is 1. The summed E-state index contributed by atoms with van der Waals surface area (Å²) in [5.74, 6) is 0. The van der Waals surface area contributed by atoms with Gasteiger partial charge in [0.1, 0.15) is 6.61 Å². The van der Waals surface area contributed by atoms with E-state index in [2.05, 4.69) is 6.92 Å². The fourth-order valence-corrected chi connectivity index (χ4v) is 0.939. The molecule has 0 fully saturated rings. The van der Waals surface area contributed by atoms with Gasteiger partial charge in [-0.15, -0.1) is 0 Å². The zero-order valence-corrected chi connectivity index (χ0v) is 6.13. The van der Waals surface area contributed by atoms with Gasteiger partial charge in [-0.05, 0) is 17.5 Å². The zero-order valence-electron chi connectivity index (χ0n) is 6.13. The summed E-state index contributed by atoms with van der Waals surface area (Å²) in [5, 5.41) is 10.4. The van der Waals surface area contributed by atoms with Crippen LogP contribution in [-0.2, 0) is 18.1 Å². The first kappa shape index (κ1) is 7.29. The van der Waals surface area contributed by atoms with Crippen molar-refractivity contribution >= 4 is 0 Å². The van der Waals surface area contributed by atoms with Gasteiger partial charge in [0.25, 0.3) is 0 Å². The molecule has 0 saturated heterocycles. The van der Waals surface area contributed by atoms with E-state index in [0.717, 1.165) is 12.0 Å². The standard InChI is InChI=1S/C9H11O/c1-2-8-4-3-5-9(6-8)7-10/h3-6H,2,7H2,1H3. The second-order valence-corrected chi connectivity index (χ2v) is 2.32. The van der Waals surface area contributed by atoms with Gasteiger partial charge in [-0.3, -0.25) is 0 Å². The first-order chi connectivity index (χ1) is 4.86. The van der Waals surface area contributed by atoms with Crippen LogP contribution in [-0.4, -0.2) is 0 Å². The van der Waals surface area contributed by atoms with Crippen LogP contribution in [0.4, 0.5) is 0 Å². The van der Waals surface area contributed by atoms with Crippen LogP contribution >= 0.6 is 0 Å². The van der Waals surface area contributed by atoms with E-state index in [4.69, 9.17) is 0 Å².